The summed E-state index contributed by atoms with van der Waals surface area (Å²) in [7, 11) is 0. The molecule has 1 atom stereocenters. The molecular weight excluding hydrogens is 336 g/mol. The molecule has 8 nitrogen and oxygen atoms in total. The average Bonchev–Trinajstić information content (AvgIpc) is 3.05. The summed E-state index contributed by atoms with van der Waals surface area (Å²) in [6.07, 6.45) is 0. The maximum Gasteiger partial charge on any atom is 0.339 e. The van der Waals surface area contributed by atoms with Crippen molar-refractivity contribution in [3.8, 4) is 0 Å². The van der Waals surface area contributed by atoms with Gasteiger partial charge in [0.05, 0.1) is 17.2 Å². The van der Waals surface area contributed by atoms with Crippen molar-refractivity contribution in [3.63, 3.8) is 0 Å². The molecule has 1 amide bonds. The van der Waals surface area contributed by atoms with Gasteiger partial charge < -0.3 is 14.7 Å². The van der Waals surface area contributed by atoms with Crippen LogP contribution in [0.2, 0.25) is 0 Å². The Kier molecular flexibility index (Phi) is 5.05. The van der Waals surface area contributed by atoms with Crippen molar-refractivity contribution in [2.75, 3.05) is 13.2 Å². The number of aliphatic hydroxyl groups is 1. The van der Waals surface area contributed by atoms with Crippen LogP contribution >= 0.6 is 11.3 Å². The highest BCUT2D eigenvalue weighted by Crippen LogP contribution is 2.42. The molecule has 0 bridgehead atoms. The van der Waals surface area contributed by atoms with Gasteiger partial charge in [-0.25, -0.2) is 4.79 Å². The number of amides is 1. The second kappa shape index (κ2) is 6.70. The van der Waals surface area contributed by atoms with Crippen LogP contribution in [0, 0.1) is 10.1 Å². The van der Waals surface area contributed by atoms with Gasteiger partial charge in [0.25, 0.3) is 5.91 Å². The number of ether oxygens (including phenoxy) is 1. The lowest BCUT2D eigenvalue weighted by Gasteiger charge is -2.25. The molecule has 0 aromatic carbocycles. The second-order valence-electron chi connectivity index (χ2n) is 5.54. The van der Waals surface area contributed by atoms with Crippen molar-refractivity contribution >= 4 is 28.9 Å². The monoisotopic (exact) mass is 354 g/mol. The SMILES string of the molecule is CCOC(=O)C1=C(c2cccs2)N(C(C)C)C(=O)[C@@]1(O)C[N+](=O)[O-]. The van der Waals surface area contributed by atoms with Crippen LogP contribution in [0.4, 0.5) is 0 Å². The number of hydrogen-bond acceptors (Lipinski definition) is 7. The van der Waals surface area contributed by atoms with Crippen LogP contribution in [-0.4, -0.2) is 51.6 Å². The minimum Gasteiger partial charge on any atom is -0.462 e. The van der Waals surface area contributed by atoms with E-state index in [1.54, 1.807) is 38.3 Å². The Morgan fingerprint density at radius 3 is 2.67 bits per heavy atom. The highest BCUT2D eigenvalue weighted by Gasteiger charge is 2.59. The normalized spacial score (nSPS) is 20.9. The van der Waals surface area contributed by atoms with Gasteiger partial charge in [0, 0.05) is 11.0 Å². The molecule has 2 heterocycles. The van der Waals surface area contributed by atoms with Gasteiger partial charge in [-0.3, -0.25) is 14.9 Å². The van der Waals surface area contributed by atoms with Crippen molar-refractivity contribution in [2.45, 2.75) is 32.4 Å². The molecule has 0 saturated heterocycles. The molecule has 9 heteroatoms. The minimum atomic E-state index is -2.54. The predicted molar refractivity (Wildman–Crippen MR) is 86.7 cm³/mol. The average molecular weight is 354 g/mol. The van der Waals surface area contributed by atoms with Crippen LogP contribution in [0.5, 0.6) is 0 Å². The predicted octanol–water partition coefficient (Wildman–Crippen LogP) is 1.28. The van der Waals surface area contributed by atoms with Gasteiger partial charge >= 0.3 is 5.97 Å². The molecule has 1 N–H and O–H groups in total. The number of esters is 1. The van der Waals surface area contributed by atoms with E-state index in [0.29, 0.717) is 4.88 Å². The maximum atomic E-state index is 12.8. The number of carbonyl (C=O) groups excluding carboxylic acids is 2. The third-order valence-corrected chi connectivity index (χ3v) is 4.45. The van der Waals surface area contributed by atoms with Gasteiger partial charge in [-0.1, -0.05) is 6.07 Å². The fourth-order valence-corrected chi connectivity index (χ4v) is 3.45. The lowest BCUT2D eigenvalue weighted by molar-refractivity contribution is -0.494. The van der Waals surface area contributed by atoms with Gasteiger partial charge in [-0.15, -0.1) is 11.3 Å². The van der Waals surface area contributed by atoms with Crippen LogP contribution in [-0.2, 0) is 14.3 Å². The van der Waals surface area contributed by atoms with E-state index in [9.17, 15) is 24.8 Å². The van der Waals surface area contributed by atoms with Crippen molar-refractivity contribution in [2.24, 2.45) is 0 Å². The molecule has 0 unspecified atom stereocenters. The van der Waals surface area contributed by atoms with E-state index in [0.717, 1.165) is 0 Å². The zero-order chi connectivity index (χ0) is 18.1. The number of hydrogen-bond donors (Lipinski definition) is 1. The van der Waals surface area contributed by atoms with Crippen molar-refractivity contribution in [1.29, 1.82) is 0 Å². The first-order valence-corrected chi connectivity index (χ1v) is 8.25. The van der Waals surface area contributed by atoms with Crippen LogP contribution in [0.15, 0.2) is 23.1 Å². The Balaban J connectivity index is 2.74. The van der Waals surface area contributed by atoms with Crippen LogP contribution < -0.4 is 0 Å². The van der Waals surface area contributed by atoms with Crippen LogP contribution in [0.25, 0.3) is 5.70 Å². The summed E-state index contributed by atoms with van der Waals surface area (Å²) in [5.41, 5.74) is -2.74. The standard InChI is InChI=1S/C15H18N2O6S/c1-4-23-13(18)11-12(10-6-5-7-24-10)17(9(2)3)14(19)15(11,20)8-16(21)22/h5-7,9,20H,4,8H2,1-3H3/t15-/m1/s1. The Morgan fingerprint density at radius 2 is 2.21 bits per heavy atom. The Bertz CT molecular complexity index is 697. The summed E-state index contributed by atoms with van der Waals surface area (Å²) in [5.74, 6) is -1.82. The van der Waals surface area contributed by atoms with Gasteiger partial charge in [-0.2, -0.15) is 0 Å². The number of thiophene rings is 1. The first kappa shape index (κ1) is 18.1. The molecule has 24 heavy (non-hydrogen) atoms. The van der Waals surface area contributed by atoms with Gasteiger partial charge in [0.1, 0.15) is 5.57 Å². The highest BCUT2D eigenvalue weighted by molar-refractivity contribution is 7.11. The number of rotatable bonds is 6. The second-order valence-corrected chi connectivity index (χ2v) is 6.49. The van der Waals surface area contributed by atoms with Gasteiger partial charge in [-0.05, 0) is 32.2 Å². The lowest BCUT2D eigenvalue weighted by atomic mass is 9.94. The summed E-state index contributed by atoms with van der Waals surface area (Å²) in [6.45, 7) is 3.90. The topological polar surface area (TPSA) is 110 Å². The molecule has 2 rings (SSSR count). The molecule has 130 valence electrons. The maximum absolute atomic E-state index is 12.8. The molecule has 0 radical (unpaired) electrons. The van der Waals surface area contributed by atoms with E-state index < -0.39 is 35.0 Å². The summed E-state index contributed by atoms with van der Waals surface area (Å²) in [6, 6.07) is 3.00. The lowest BCUT2D eigenvalue weighted by Crippen LogP contribution is -2.50. The molecular formula is C15H18N2O6S. The number of carbonyl (C=O) groups is 2. The fourth-order valence-electron chi connectivity index (χ4n) is 2.67. The van der Waals surface area contributed by atoms with E-state index in [4.69, 9.17) is 4.74 Å². The van der Waals surface area contributed by atoms with E-state index >= 15 is 0 Å². The molecule has 1 aliphatic rings. The molecule has 0 saturated carbocycles. The van der Waals surface area contributed by atoms with Crippen molar-refractivity contribution < 1.29 is 24.4 Å². The molecule has 0 aliphatic carbocycles. The first-order valence-electron chi connectivity index (χ1n) is 7.37. The van der Waals surface area contributed by atoms with Crippen molar-refractivity contribution in [1.82, 2.24) is 4.90 Å². The number of nitrogens with zero attached hydrogens (tertiary/aromatic N) is 2. The largest absolute Gasteiger partial charge is 0.462 e. The van der Waals surface area contributed by atoms with E-state index in [1.807, 2.05) is 0 Å². The van der Waals surface area contributed by atoms with Crippen LogP contribution in [0.1, 0.15) is 25.6 Å². The molecule has 0 fully saturated rings. The summed E-state index contributed by atoms with van der Waals surface area (Å²) in [5, 5.41) is 23.5. The van der Waals surface area contributed by atoms with Crippen molar-refractivity contribution in [3.05, 3.63) is 38.1 Å². The summed E-state index contributed by atoms with van der Waals surface area (Å²) >= 11 is 1.26. The molecule has 1 aromatic rings. The van der Waals surface area contributed by atoms with E-state index in [1.165, 1.54) is 16.2 Å². The fraction of sp³-hybridized carbons (Fsp3) is 0.467. The summed E-state index contributed by atoms with van der Waals surface area (Å²) < 4.78 is 4.95. The smallest absolute Gasteiger partial charge is 0.339 e. The first-order chi connectivity index (χ1) is 11.2. The number of nitro groups is 1. The Morgan fingerprint density at radius 1 is 1.54 bits per heavy atom. The zero-order valence-electron chi connectivity index (χ0n) is 13.5. The minimum absolute atomic E-state index is 0.0183. The van der Waals surface area contributed by atoms with Gasteiger partial charge in [0.2, 0.25) is 12.1 Å². The molecule has 1 aromatic heterocycles. The zero-order valence-corrected chi connectivity index (χ0v) is 14.3. The highest BCUT2D eigenvalue weighted by atomic mass is 32.1. The Hall–Kier alpha value is -2.26. The van der Waals surface area contributed by atoms with Gasteiger partial charge in [0.15, 0.2) is 0 Å². The molecule has 1 aliphatic heterocycles. The quantitative estimate of drug-likeness (QED) is 0.468. The summed E-state index contributed by atoms with van der Waals surface area (Å²) in [4.78, 5) is 37.2. The molecule has 0 spiro atoms. The Labute approximate surface area is 142 Å². The van der Waals surface area contributed by atoms with E-state index in [2.05, 4.69) is 0 Å². The van der Waals surface area contributed by atoms with Crippen LogP contribution in [0.3, 0.4) is 0 Å². The van der Waals surface area contributed by atoms with E-state index in [-0.39, 0.29) is 17.9 Å². The third kappa shape index (κ3) is 2.92. The third-order valence-electron chi connectivity index (χ3n) is 3.57.